The second-order valence-corrected chi connectivity index (χ2v) is 8.95. The van der Waals surface area contributed by atoms with Crippen molar-refractivity contribution in [2.45, 2.75) is 6.92 Å². The van der Waals surface area contributed by atoms with E-state index in [1.54, 1.807) is 25.6 Å². The third-order valence-electron chi connectivity index (χ3n) is 6.63. The van der Waals surface area contributed by atoms with Crippen molar-refractivity contribution in [1.29, 1.82) is 0 Å². The lowest BCUT2D eigenvalue weighted by Crippen LogP contribution is -2.09. The molecule has 0 atom stereocenters. The molecule has 0 unspecified atom stereocenters. The van der Waals surface area contributed by atoms with Gasteiger partial charge in [-0.2, -0.15) is 0 Å². The van der Waals surface area contributed by atoms with Gasteiger partial charge >= 0.3 is 0 Å². The number of hydrogen-bond acceptors (Lipinski definition) is 4. The predicted octanol–water partition coefficient (Wildman–Crippen LogP) is 7.85. The van der Waals surface area contributed by atoms with Gasteiger partial charge in [-0.25, -0.2) is 0 Å². The lowest BCUT2D eigenvalue weighted by molar-refractivity contribution is -0.111. The lowest BCUT2D eigenvalue weighted by Gasteiger charge is -2.11. The van der Waals surface area contributed by atoms with Gasteiger partial charge < -0.3 is 14.5 Å². The summed E-state index contributed by atoms with van der Waals surface area (Å²) in [5, 5.41) is 7.20. The van der Waals surface area contributed by atoms with E-state index in [0.29, 0.717) is 5.75 Å². The number of nitrogens with zero attached hydrogens (tertiary/aromatic N) is 1. The predicted molar refractivity (Wildman–Crippen MR) is 150 cm³/mol. The largest absolute Gasteiger partial charge is 0.496 e. The Balaban J connectivity index is 1.37. The summed E-state index contributed by atoms with van der Waals surface area (Å²) in [4.78, 5) is 17.4. The van der Waals surface area contributed by atoms with E-state index in [9.17, 15) is 4.79 Å². The fourth-order valence-electron chi connectivity index (χ4n) is 4.77. The third-order valence-corrected chi connectivity index (χ3v) is 6.63. The fraction of sp³-hybridized carbons (Fsp3) is 0.0625. The number of nitrogens with one attached hydrogen (secondary N) is 1. The van der Waals surface area contributed by atoms with Crippen LogP contribution < -0.4 is 10.1 Å². The SMILES string of the molecule is COc1cc2occ(-c3ccc4ccccc4c3)c2cc1/C(C)=C/C(=O)Nc1cccc2ncccc12. The molecule has 0 saturated heterocycles. The molecular weight excluding hydrogens is 460 g/mol. The standard InChI is InChI=1S/C32H24N2O3/c1-20(15-32(35)34-29-11-5-10-28-24(29)9-6-14-33-28)25-17-26-27(19-37-31(26)18-30(25)36-2)23-13-12-21-7-3-4-8-22(21)16-23/h3-19H,1-2H3,(H,34,35)/b20-15+. The first kappa shape index (κ1) is 22.6. The summed E-state index contributed by atoms with van der Waals surface area (Å²) in [6.45, 7) is 1.91. The van der Waals surface area contributed by atoms with Gasteiger partial charge in [0, 0.05) is 40.2 Å². The van der Waals surface area contributed by atoms with Gasteiger partial charge in [-0.05, 0) is 65.2 Å². The topological polar surface area (TPSA) is 64.4 Å². The molecule has 0 aliphatic carbocycles. The van der Waals surface area contributed by atoms with Crippen LogP contribution in [0.15, 0.2) is 108 Å². The monoisotopic (exact) mass is 484 g/mol. The minimum atomic E-state index is -0.224. The van der Waals surface area contributed by atoms with E-state index in [-0.39, 0.29) is 5.91 Å². The zero-order valence-electron chi connectivity index (χ0n) is 20.5. The number of furan rings is 1. The highest BCUT2D eigenvalue weighted by Crippen LogP contribution is 2.38. The number of methoxy groups -OCH3 is 1. The Morgan fingerprint density at radius 1 is 0.919 bits per heavy atom. The number of allylic oxidation sites excluding steroid dienone is 1. The molecular formula is C32H24N2O3. The molecule has 6 aromatic rings. The zero-order valence-corrected chi connectivity index (χ0v) is 20.5. The molecule has 0 saturated carbocycles. The maximum absolute atomic E-state index is 13.0. The van der Waals surface area contributed by atoms with E-state index in [2.05, 4.69) is 40.6 Å². The first-order valence-corrected chi connectivity index (χ1v) is 12.0. The summed E-state index contributed by atoms with van der Waals surface area (Å²) >= 11 is 0. The number of aromatic nitrogens is 1. The minimum Gasteiger partial charge on any atom is -0.496 e. The van der Waals surface area contributed by atoms with Crippen LogP contribution in [0.5, 0.6) is 5.75 Å². The molecule has 2 heterocycles. The maximum Gasteiger partial charge on any atom is 0.248 e. The molecule has 4 aromatic carbocycles. The Morgan fingerprint density at radius 2 is 1.78 bits per heavy atom. The minimum absolute atomic E-state index is 0.224. The molecule has 6 rings (SSSR count). The zero-order chi connectivity index (χ0) is 25.4. The average molecular weight is 485 g/mol. The molecule has 0 radical (unpaired) electrons. The van der Waals surface area contributed by atoms with Crippen molar-refractivity contribution < 1.29 is 13.9 Å². The number of carbonyl (C=O) groups is 1. The van der Waals surface area contributed by atoms with Crippen molar-refractivity contribution in [3.8, 4) is 16.9 Å². The second kappa shape index (κ2) is 9.28. The van der Waals surface area contributed by atoms with Gasteiger partial charge in [0.25, 0.3) is 0 Å². The Bertz CT molecular complexity index is 1830. The Kier molecular flexibility index (Phi) is 5.66. The van der Waals surface area contributed by atoms with Crippen LogP contribution in [-0.2, 0) is 4.79 Å². The summed E-state index contributed by atoms with van der Waals surface area (Å²) in [5.74, 6) is 0.417. The normalized spacial score (nSPS) is 11.8. The van der Waals surface area contributed by atoms with Crippen LogP contribution in [0, 0.1) is 0 Å². The molecule has 0 bridgehead atoms. The molecule has 1 amide bonds. The molecule has 1 N–H and O–H groups in total. The maximum atomic E-state index is 13.0. The molecule has 5 heteroatoms. The van der Waals surface area contributed by atoms with Crippen LogP contribution >= 0.6 is 0 Å². The number of hydrogen-bond donors (Lipinski definition) is 1. The quantitative estimate of drug-likeness (QED) is 0.253. The van der Waals surface area contributed by atoms with E-state index in [1.807, 2.05) is 61.5 Å². The number of fused-ring (bicyclic) bond motifs is 3. The summed E-state index contributed by atoms with van der Waals surface area (Å²) < 4.78 is 11.6. The summed E-state index contributed by atoms with van der Waals surface area (Å²) in [7, 11) is 1.62. The number of carbonyl (C=O) groups excluding carboxylic acids is 1. The Hall–Kier alpha value is -4.90. The smallest absolute Gasteiger partial charge is 0.248 e. The van der Waals surface area contributed by atoms with Gasteiger partial charge in [0.2, 0.25) is 5.91 Å². The number of amides is 1. The Morgan fingerprint density at radius 3 is 2.65 bits per heavy atom. The van der Waals surface area contributed by atoms with Gasteiger partial charge in [0.15, 0.2) is 0 Å². The van der Waals surface area contributed by atoms with Crippen LogP contribution in [-0.4, -0.2) is 18.0 Å². The summed E-state index contributed by atoms with van der Waals surface area (Å²) in [5.41, 5.74) is 5.94. The van der Waals surface area contributed by atoms with Gasteiger partial charge in [0.05, 0.1) is 24.6 Å². The van der Waals surface area contributed by atoms with Crippen LogP contribution in [0.25, 0.3) is 49.3 Å². The van der Waals surface area contributed by atoms with E-state index < -0.39 is 0 Å². The molecule has 0 aliphatic rings. The number of ether oxygens (including phenoxy) is 1. The molecule has 180 valence electrons. The van der Waals surface area contributed by atoms with Crippen molar-refractivity contribution in [2.24, 2.45) is 0 Å². The van der Waals surface area contributed by atoms with E-state index >= 15 is 0 Å². The number of pyridine rings is 1. The van der Waals surface area contributed by atoms with E-state index in [4.69, 9.17) is 9.15 Å². The highest BCUT2D eigenvalue weighted by molar-refractivity contribution is 6.09. The van der Waals surface area contributed by atoms with E-state index in [0.717, 1.165) is 49.8 Å². The van der Waals surface area contributed by atoms with Gasteiger partial charge in [0.1, 0.15) is 11.3 Å². The second-order valence-electron chi connectivity index (χ2n) is 8.95. The summed E-state index contributed by atoms with van der Waals surface area (Å²) in [6, 6.07) is 28.1. The average Bonchev–Trinajstić information content (AvgIpc) is 3.35. The van der Waals surface area contributed by atoms with Crippen molar-refractivity contribution >= 4 is 49.8 Å². The lowest BCUT2D eigenvalue weighted by atomic mass is 9.97. The fourth-order valence-corrected chi connectivity index (χ4v) is 4.77. The van der Waals surface area contributed by atoms with Crippen molar-refractivity contribution in [3.63, 3.8) is 0 Å². The third kappa shape index (κ3) is 4.21. The molecule has 2 aromatic heterocycles. The van der Waals surface area contributed by atoms with Crippen LogP contribution in [0.3, 0.4) is 0 Å². The van der Waals surface area contributed by atoms with Crippen LogP contribution in [0.1, 0.15) is 12.5 Å². The highest BCUT2D eigenvalue weighted by Gasteiger charge is 2.15. The number of anilines is 1. The molecule has 0 fully saturated rings. The molecule has 5 nitrogen and oxygen atoms in total. The van der Waals surface area contributed by atoms with Gasteiger partial charge in [-0.15, -0.1) is 0 Å². The van der Waals surface area contributed by atoms with Gasteiger partial charge in [-0.3, -0.25) is 9.78 Å². The van der Waals surface area contributed by atoms with Crippen LogP contribution in [0.4, 0.5) is 5.69 Å². The van der Waals surface area contributed by atoms with E-state index in [1.165, 1.54) is 10.8 Å². The molecule has 0 spiro atoms. The molecule has 37 heavy (non-hydrogen) atoms. The summed E-state index contributed by atoms with van der Waals surface area (Å²) in [6.07, 6.45) is 5.11. The highest BCUT2D eigenvalue weighted by atomic mass is 16.5. The van der Waals surface area contributed by atoms with Crippen molar-refractivity contribution in [2.75, 3.05) is 12.4 Å². The number of benzene rings is 4. The van der Waals surface area contributed by atoms with Crippen molar-refractivity contribution in [1.82, 2.24) is 4.98 Å². The van der Waals surface area contributed by atoms with Gasteiger partial charge in [-0.1, -0.05) is 42.5 Å². The first-order valence-electron chi connectivity index (χ1n) is 12.0. The Labute approximate surface area is 214 Å². The van der Waals surface area contributed by atoms with Crippen LogP contribution in [0.2, 0.25) is 0 Å². The number of rotatable bonds is 5. The molecule has 0 aliphatic heterocycles. The first-order chi connectivity index (χ1) is 18.1. The van der Waals surface area contributed by atoms with Crippen molar-refractivity contribution in [3.05, 3.63) is 109 Å².